The first-order chi connectivity index (χ1) is 17.2. The number of aliphatic hydroxyl groups is 1. The van der Waals surface area contributed by atoms with Crippen molar-refractivity contribution in [1.29, 1.82) is 0 Å². The molecule has 0 aliphatic carbocycles. The summed E-state index contributed by atoms with van der Waals surface area (Å²) in [5, 5.41) is 24.9. The van der Waals surface area contributed by atoms with Crippen LogP contribution in [-0.2, 0) is 10.4 Å². The monoisotopic (exact) mass is 549 g/mol. The molecule has 2 amide bonds. The van der Waals surface area contributed by atoms with E-state index in [9.17, 15) is 24.8 Å². The summed E-state index contributed by atoms with van der Waals surface area (Å²) in [6.07, 6.45) is 2.27. The Balaban J connectivity index is 1.54. The predicted molar refractivity (Wildman–Crippen MR) is 139 cm³/mol. The molecule has 0 aromatic heterocycles. The highest BCUT2D eigenvalue weighted by molar-refractivity contribution is 9.10. The second kappa shape index (κ2) is 10.8. The first-order valence-electron chi connectivity index (χ1n) is 11.4. The quantitative estimate of drug-likeness (QED) is 0.264. The summed E-state index contributed by atoms with van der Waals surface area (Å²) < 4.78 is 0.914. The van der Waals surface area contributed by atoms with E-state index in [1.165, 1.54) is 24.3 Å². The van der Waals surface area contributed by atoms with Crippen molar-refractivity contribution in [2.45, 2.75) is 18.4 Å². The average molecular weight is 550 g/mol. The SMILES string of the molecule is O=C(N/C(=C\c1ccccc1)C(=O)N1CCC(O)(c2ccc(Br)cc2)CC1)c1cccc([N+](=O)[O-])c1. The van der Waals surface area contributed by atoms with Crippen molar-refractivity contribution >= 4 is 39.5 Å². The number of carbonyl (C=O) groups excluding carboxylic acids is 2. The van der Waals surface area contributed by atoms with Crippen LogP contribution >= 0.6 is 15.9 Å². The highest BCUT2D eigenvalue weighted by Gasteiger charge is 2.36. The third-order valence-corrected chi connectivity index (χ3v) is 6.70. The topological polar surface area (TPSA) is 113 Å². The number of hydrogen-bond donors (Lipinski definition) is 2. The maximum Gasteiger partial charge on any atom is 0.270 e. The molecule has 4 rings (SSSR count). The van der Waals surface area contributed by atoms with Gasteiger partial charge in [0.15, 0.2) is 0 Å². The lowest BCUT2D eigenvalue weighted by Crippen LogP contribution is -2.47. The lowest BCUT2D eigenvalue weighted by atomic mass is 9.84. The molecule has 9 heteroatoms. The van der Waals surface area contributed by atoms with E-state index in [1.54, 1.807) is 23.1 Å². The maximum absolute atomic E-state index is 13.5. The number of halogens is 1. The van der Waals surface area contributed by atoms with Gasteiger partial charge >= 0.3 is 0 Å². The van der Waals surface area contributed by atoms with Crippen LogP contribution in [0, 0.1) is 10.1 Å². The number of nitro benzene ring substituents is 1. The molecule has 184 valence electrons. The van der Waals surface area contributed by atoms with Gasteiger partial charge in [-0.15, -0.1) is 0 Å². The molecule has 0 unspecified atom stereocenters. The number of benzene rings is 3. The molecular formula is C27H24BrN3O5. The van der Waals surface area contributed by atoms with Crippen molar-refractivity contribution in [3.8, 4) is 0 Å². The molecule has 1 aliphatic heterocycles. The Kier molecular flexibility index (Phi) is 7.61. The number of amides is 2. The second-order valence-corrected chi connectivity index (χ2v) is 9.48. The largest absolute Gasteiger partial charge is 0.385 e. The molecule has 8 nitrogen and oxygen atoms in total. The van der Waals surface area contributed by atoms with Crippen LogP contribution in [0.4, 0.5) is 5.69 Å². The van der Waals surface area contributed by atoms with Gasteiger partial charge in [0.2, 0.25) is 0 Å². The van der Waals surface area contributed by atoms with E-state index in [2.05, 4.69) is 21.2 Å². The van der Waals surface area contributed by atoms with Gasteiger partial charge in [0.25, 0.3) is 17.5 Å². The molecule has 1 heterocycles. The minimum Gasteiger partial charge on any atom is -0.385 e. The van der Waals surface area contributed by atoms with Crippen molar-refractivity contribution in [1.82, 2.24) is 10.2 Å². The van der Waals surface area contributed by atoms with Gasteiger partial charge in [-0.3, -0.25) is 19.7 Å². The minimum absolute atomic E-state index is 0.0480. The number of hydrogen-bond acceptors (Lipinski definition) is 5. The number of nitrogens with one attached hydrogen (secondary N) is 1. The van der Waals surface area contributed by atoms with E-state index in [0.717, 1.165) is 10.0 Å². The van der Waals surface area contributed by atoms with Crippen LogP contribution in [0.1, 0.15) is 34.3 Å². The Hall–Kier alpha value is -3.82. The highest BCUT2D eigenvalue weighted by Crippen LogP contribution is 2.34. The lowest BCUT2D eigenvalue weighted by molar-refractivity contribution is -0.384. The number of rotatable bonds is 6. The molecule has 0 spiro atoms. The summed E-state index contributed by atoms with van der Waals surface area (Å²) >= 11 is 3.40. The standard InChI is InChI=1S/C27H24BrN3O5/c28-22-11-9-21(10-12-22)27(34)13-15-30(16-14-27)26(33)24(17-19-5-2-1-3-6-19)29-25(32)20-7-4-8-23(18-20)31(35)36/h1-12,17-18,34H,13-16H2,(H,29,32)/b24-17-. The van der Waals surface area contributed by atoms with E-state index in [1.807, 2.05) is 42.5 Å². The Labute approximate surface area is 216 Å². The van der Waals surface area contributed by atoms with Gasteiger partial charge in [0.05, 0.1) is 10.5 Å². The van der Waals surface area contributed by atoms with Crippen LogP contribution in [0.25, 0.3) is 6.08 Å². The molecule has 0 saturated carbocycles. The van der Waals surface area contributed by atoms with Gasteiger partial charge in [-0.2, -0.15) is 0 Å². The van der Waals surface area contributed by atoms with E-state index in [-0.39, 0.29) is 16.9 Å². The van der Waals surface area contributed by atoms with Gasteiger partial charge in [-0.05, 0) is 48.2 Å². The molecule has 36 heavy (non-hydrogen) atoms. The Morgan fingerprint density at radius 2 is 1.67 bits per heavy atom. The Bertz CT molecular complexity index is 1300. The molecular weight excluding hydrogens is 526 g/mol. The third-order valence-electron chi connectivity index (χ3n) is 6.17. The molecule has 0 bridgehead atoms. The number of non-ortho nitro benzene ring substituents is 1. The minimum atomic E-state index is -1.05. The highest BCUT2D eigenvalue weighted by atomic mass is 79.9. The number of carbonyl (C=O) groups is 2. The number of likely N-dealkylation sites (tertiary alicyclic amines) is 1. The average Bonchev–Trinajstić information content (AvgIpc) is 2.89. The molecule has 3 aromatic rings. The van der Waals surface area contributed by atoms with Gasteiger partial charge in [-0.1, -0.05) is 64.5 Å². The van der Waals surface area contributed by atoms with Crippen LogP contribution < -0.4 is 5.32 Å². The molecule has 1 saturated heterocycles. The molecule has 1 aliphatic rings. The fourth-order valence-electron chi connectivity index (χ4n) is 4.12. The number of nitro groups is 1. The van der Waals surface area contributed by atoms with Crippen molar-refractivity contribution < 1.29 is 19.6 Å². The smallest absolute Gasteiger partial charge is 0.270 e. The van der Waals surface area contributed by atoms with Crippen LogP contribution in [0.2, 0.25) is 0 Å². The summed E-state index contributed by atoms with van der Waals surface area (Å²) in [6.45, 7) is 0.592. The first kappa shape index (κ1) is 25.3. The lowest BCUT2D eigenvalue weighted by Gasteiger charge is -2.38. The number of piperidine rings is 1. The summed E-state index contributed by atoms with van der Waals surface area (Å²) in [5.74, 6) is -1.02. The summed E-state index contributed by atoms with van der Waals surface area (Å²) in [4.78, 5) is 38.5. The van der Waals surface area contributed by atoms with Gasteiger partial charge in [0.1, 0.15) is 5.70 Å². The van der Waals surface area contributed by atoms with Gasteiger partial charge in [-0.25, -0.2) is 0 Å². The van der Waals surface area contributed by atoms with E-state index < -0.39 is 22.3 Å². The predicted octanol–water partition coefficient (Wildman–Crippen LogP) is 4.64. The summed E-state index contributed by atoms with van der Waals surface area (Å²) in [6, 6.07) is 21.9. The van der Waals surface area contributed by atoms with Crippen LogP contribution in [0.5, 0.6) is 0 Å². The molecule has 0 atom stereocenters. The van der Waals surface area contributed by atoms with Crippen molar-refractivity contribution in [2.24, 2.45) is 0 Å². The van der Waals surface area contributed by atoms with Gasteiger partial charge in [0, 0.05) is 35.3 Å². The Morgan fingerprint density at radius 3 is 2.31 bits per heavy atom. The normalized spacial score (nSPS) is 15.3. The van der Waals surface area contributed by atoms with Crippen molar-refractivity contribution in [2.75, 3.05) is 13.1 Å². The summed E-state index contributed by atoms with van der Waals surface area (Å²) in [5.41, 5.74) is 0.352. The van der Waals surface area contributed by atoms with Gasteiger partial charge < -0.3 is 15.3 Å². The van der Waals surface area contributed by atoms with E-state index in [0.29, 0.717) is 31.5 Å². The zero-order valence-electron chi connectivity index (χ0n) is 19.3. The molecule has 2 N–H and O–H groups in total. The Morgan fingerprint density at radius 1 is 1.00 bits per heavy atom. The maximum atomic E-state index is 13.5. The van der Waals surface area contributed by atoms with Crippen LogP contribution in [-0.4, -0.2) is 39.8 Å². The second-order valence-electron chi connectivity index (χ2n) is 8.56. The fraction of sp³-hybridized carbons (Fsp3) is 0.185. The van der Waals surface area contributed by atoms with Crippen LogP contribution in [0.3, 0.4) is 0 Å². The molecule has 1 fully saturated rings. The number of nitrogens with zero attached hydrogens (tertiary/aromatic N) is 2. The van der Waals surface area contributed by atoms with E-state index >= 15 is 0 Å². The third kappa shape index (κ3) is 5.87. The van der Waals surface area contributed by atoms with Crippen molar-refractivity contribution in [3.63, 3.8) is 0 Å². The zero-order chi connectivity index (χ0) is 25.7. The molecule has 0 radical (unpaired) electrons. The summed E-state index contributed by atoms with van der Waals surface area (Å²) in [7, 11) is 0. The first-order valence-corrected chi connectivity index (χ1v) is 12.1. The van der Waals surface area contributed by atoms with Crippen LogP contribution in [0.15, 0.2) is 89.0 Å². The van der Waals surface area contributed by atoms with Crippen molar-refractivity contribution in [3.05, 3.63) is 116 Å². The fourth-order valence-corrected chi connectivity index (χ4v) is 4.39. The zero-order valence-corrected chi connectivity index (χ0v) is 20.8. The molecule has 3 aromatic carbocycles. The van der Waals surface area contributed by atoms with E-state index in [4.69, 9.17) is 0 Å².